The Morgan fingerprint density at radius 3 is 2.12 bits per heavy atom. The fourth-order valence-corrected chi connectivity index (χ4v) is 3.40. The number of nitrogens with zero attached hydrogens (tertiary/aromatic N) is 1. The van der Waals surface area contributed by atoms with Crippen LogP contribution < -0.4 is 0 Å². The topological polar surface area (TPSA) is 57.6 Å². The van der Waals surface area contributed by atoms with E-state index in [0.29, 0.717) is 18.9 Å². The maximum absolute atomic E-state index is 12.5. The minimum absolute atomic E-state index is 0.000200. The van der Waals surface area contributed by atoms with E-state index in [1.807, 2.05) is 0 Å². The van der Waals surface area contributed by atoms with Gasteiger partial charge in [-0.15, -0.1) is 0 Å². The molecular formula is C20H35NO3. The summed E-state index contributed by atoms with van der Waals surface area (Å²) in [6.45, 7) is 8.34. The first-order valence-electron chi connectivity index (χ1n) is 9.65. The highest BCUT2D eigenvalue weighted by Crippen LogP contribution is 2.29. The number of ketones is 1. The first-order chi connectivity index (χ1) is 11.4. The number of unbranched alkanes of at least 4 members (excludes halogenated alkanes) is 7. The zero-order valence-electron chi connectivity index (χ0n) is 15.9. The van der Waals surface area contributed by atoms with Gasteiger partial charge in [0, 0.05) is 6.54 Å². The van der Waals surface area contributed by atoms with Crippen LogP contribution in [0.1, 0.15) is 85.5 Å². The van der Waals surface area contributed by atoms with E-state index < -0.39 is 0 Å². The molecule has 0 saturated heterocycles. The number of Topliss-reactive ketones (excluding diaryl/α,β-unsaturated/α-hetero) is 1. The maximum atomic E-state index is 12.5. The van der Waals surface area contributed by atoms with Crippen LogP contribution in [0.3, 0.4) is 0 Å². The number of aliphatic hydroxyl groups is 1. The molecule has 0 bridgehead atoms. The van der Waals surface area contributed by atoms with E-state index in [2.05, 4.69) is 20.8 Å². The van der Waals surface area contributed by atoms with Crippen LogP contribution >= 0.6 is 0 Å². The summed E-state index contributed by atoms with van der Waals surface area (Å²) in [6.07, 6.45) is 10.4. The van der Waals surface area contributed by atoms with Gasteiger partial charge in [0.25, 0.3) is 5.91 Å². The molecule has 1 unspecified atom stereocenters. The third-order valence-corrected chi connectivity index (χ3v) is 4.72. The van der Waals surface area contributed by atoms with Crippen LogP contribution in [-0.2, 0) is 9.59 Å². The lowest BCUT2D eigenvalue weighted by Gasteiger charge is -2.26. The summed E-state index contributed by atoms with van der Waals surface area (Å²) < 4.78 is 0. The fraction of sp³-hybridized carbons (Fsp3) is 0.800. The average molecular weight is 338 g/mol. The zero-order chi connectivity index (χ0) is 18.1. The summed E-state index contributed by atoms with van der Waals surface area (Å²) in [4.78, 5) is 25.9. The lowest BCUT2D eigenvalue weighted by Crippen LogP contribution is -2.37. The van der Waals surface area contributed by atoms with Gasteiger partial charge >= 0.3 is 0 Å². The molecule has 0 saturated carbocycles. The van der Waals surface area contributed by atoms with Gasteiger partial charge in [-0.25, -0.2) is 0 Å². The summed E-state index contributed by atoms with van der Waals surface area (Å²) >= 11 is 0. The Hall–Kier alpha value is -1.32. The van der Waals surface area contributed by atoms with Crippen molar-refractivity contribution in [3.8, 4) is 0 Å². The molecule has 1 rings (SSSR count). The van der Waals surface area contributed by atoms with Crippen molar-refractivity contribution >= 4 is 11.7 Å². The molecule has 1 atom stereocenters. The Kier molecular flexibility index (Phi) is 9.09. The Morgan fingerprint density at radius 1 is 1.08 bits per heavy atom. The van der Waals surface area contributed by atoms with Crippen molar-refractivity contribution in [1.29, 1.82) is 0 Å². The monoisotopic (exact) mass is 337 g/mol. The van der Waals surface area contributed by atoms with Crippen molar-refractivity contribution in [1.82, 2.24) is 4.90 Å². The number of carbonyl (C=O) groups excluding carboxylic acids is 2. The Balaban J connectivity index is 2.47. The maximum Gasteiger partial charge on any atom is 0.261 e. The largest absolute Gasteiger partial charge is 0.509 e. The second kappa shape index (κ2) is 10.5. The van der Waals surface area contributed by atoms with Gasteiger partial charge in [-0.3, -0.25) is 9.59 Å². The summed E-state index contributed by atoms with van der Waals surface area (Å²) in [6, 6.07) is -0.319. The molecule has 138 valence electrons. The Bertz CT molecular complexity index is 454. The van der Waals surface area contributed by atoms with Crippen molar-refractivity contribution in [2.24, 2.45) is 5.92 Å². The van der Waals surface area contributed by atoms with E-state index in [4.69, 9.17) is 0 Å². The summed E-state index contributed by atoms with van der Waals surface area (Å²) in [5, 5.41) is 10.3. The van der Waals surface area contributed by atoms with Gasteiger partial charge in [0.15, 0.2) is 5.78 Å². The highest BCUT2D eigenvalue weighted by atomic mass is 16.3. The van der Waals surface area contributed by atoms with E-state index in [9.17, 15) is 14.7 Å². The van der Waals surface area contributed by atoms with Crippen molar-refractivity contribution in [3.05, 3.63) is 11.3 Å². The minimum Gasteiger partial charge on any atom is -0.509 e. The van der Waals surface area contributed by atoms with Crippen LogP contribution in [0, 0.1) is 5.92 Å². The predicted molar refractivity (Wildman–Crippen MR) is 97.9 cm³/mol. The molecule has 0 aromatic carbocycles. The van der Waals surface area contributed by atoms with Gasteiger partial charge in [0.05, 0.1) is 6.04 Å². The molecule has 1 aliphatic heterocycles. The lowest BCUT2D eigenvalue weighted by atomic mass is 10.0. The number of hydrogen-bond donors (Lipinski definition) is 1. The number of carbonyl (C=O) groups is 2. The van der Waals surface area contributed by atoms with Crippen LogP contribution in [-0.4, -0.2) is 34.3 Å². The van der Waals surface area contributed by atoms with Crippen LogP contribution in [0.4, 0.5) is 0 Å². The molecule has 24 heavy (non-hydrogen) atoms. The molecule has 1 amide bonds. The molecule has 1 N–H and O–H groups in total. The van der Waals surface area contributed by atoms with Gasteiger partial charge < -0.3 is 10.0 Å². The second-order valence-corrected chi connectivity index (χ2v) is 7.44. The molecule has 0 aromatic heterocycles. The van der Waals surface area contributed by atoms with Gasteiger partial charge in [-0.2, -0.15) is 0 Å². The Morgan fingerprint density at radius 2 is 1.62 bits per heavy atom. The van der Waals surface area contributed by atoms with Crippen molar-refractivity contribution in [2.75, 3.05) is 6.54 Å². The van der Waals surface area contributed by atoms with Crippen molar-refractivity contribution in [3.63, 3.8) is 0 Å². The van der Waals surface area contributed by atoms with Crippen LogP contribution in [0.5, 0.6) is 0 Å². The standard InChI is InChI=1S/C20H35NO3/c1-5-6-7-8-9-10-11-12-13-21-17(14-15(2)3)19(23)18(16(4)22)20(21)24/h15,17,23H,5-14H2,1-4H3. The molecule has 1 aliphatic rings. The number of hydrogen-bond acceptors (Lipinski definition) is 3. The van der Waals surface area contributed by atoms with Gasteiger partial charge in [-0.05, 0) is 25.7 Å². The van der Waals surface area contributed by atoms with Gasteiger partial charge in [0.2, 0.25) is 0 Å². The summed E-state index contributed by atoms with van der Waals surface area (Å²) in [7, 11) is 0. The first kappa shape index (κ1) is 20.7. The van der Waals surface area contributed by atoms with E-state index >= 15 is 0 Å². The second-order valence-electron chi connectivity index (χ2n) is 7.44. The molecule has 0 spiro atoms. The molecule has 0 aromatic rings. The molecule has 4 heteroatoms. The normalized spacial score (nSPS) is 18.1. The van der Waals surface area contributed by atoms with E-state index in [1.54, 1.807) is 4.90 Å². The molecule has 1 heterocycles. The SMILES string of the molecule is CCCCCCCCCCN1C(=O)C(C(C)=O)=C(O)C1CC(C)C. The summed E-state index contributed by atoms with van der Waals surface area (Å²) in [5.74, 6) is -0.267. The van der Waals surface area contributed by atoms with Crippen molar-refractivity contribution in [2.45, 2.75) is 91.5 Å². The predicted octanol–water partition coefficient (Wildman–Crippen LogP) is 4.79. The molecule has 4 nitrogen and oxygen atoms in total. The zero-order valence-corrected chi connectivity index (χ0v) is 15.9. The third-order valence-electron chi connectivity index (χ3n) is 4.72. The average Bonchev–Trinajstić information content (AvgIpc) is 2.73. The molecular weight excluding hydrogens is 302 g/mol. The molecule has 0 fully saturated rings. The minimum atomic E-state index is -0.329. The van der Waals surface area contributed by atoms with E-state index in [-0.39, 0.29) is 29.1 Å². The highest BCUT2D eigenvalue weighted by molar-refractivity contribution is 6.20. The van der Waals surface area contributed by atoms with Crippen LogP contribution in [0.25, 0.3) is 0 Å². The van der Waals surface area contributed by atoms with Crippen LogP contribution in [0.2, 0.25) is 0 Å². The highest BCUT2D eigenvalue weighted by Gasteiger charge is 2.40. The van der Waals surface area contributed by atoms with E-state index in [1.165, 1.54) is 45.4 Å². The number of rotatable bonds is 12. The lowest BCUT2D eigenvalue weighted by molar-refractivity contribution is -0.129. The fourth-order valence-electron chi connectivity index (χ4n) is 3.40. The Labute approximate surface area is 147 Å². The smallest absolute Gasteiger partial charge is 0.261 e. The molecule has 0 radical (unpaired) electrons. The molecule has 0 aliphatic carbocycles. The third kappa shape index (κ3) is 5.95. The quantitative estimate of drug-likeness (QED) is 0.411. The van der Waals surface area contributed by atoms with Crippen molar-refractivity contribution < 1.29 is 14.7 Å². The first-order valence-corrected chi connectivity index (χ1v) is 9.65. The van der Waals surface area contributed by atoms with Gasteiger partial charge in [-0.1, -0.05) is 65.7 Å². The van der Waals surface area contributed by atoms with Gasteiger partial charge in [0.1, 0.15) is 11.3 Å². The number of amides is 1. The summed E-state index contributed by atoms with van der Waals surface area (Å²) in [5.41, 5.74) is 0.000200. The number of aliphatic hydroxyl groups excluding tert-OH is 1. The van der Waals surface area contributed by atoms with E-state index in [0.717, 1.165) is 12.8 Å². The van der Waals surface area contributed by atoms with Crippen LogP contribution in [0.15, 0.2) is 11.3 Å².